The molecule has 1 rings (SSSR count). The number of nitrogens with two attached hydrogens (primary N) is 1. The molecule has 0 unspecified atom stereocenters. The second-order valence-corrected chi connectivity index (χ2v) is 7.20. The van der Waals surface area contributed by atoms with E-state index in [2.05, 4.69) is 12.2 Å². The second-order valence-electron chi connectivity index (χ2n) is 7.20. The van der Waals surface area contributed by atoms with Gasteiger partial charge < -0.3 is 16.0 Å². The first kappa shape index (κ1) is 21.6. The molecule has 0 saturated heterocycles. The van der Waals surface area contributed by atoms with E-state index in [-0.39, 0.29) is 0 Å². The molecule has 0 aliphatic carbocycles. The normalized spacial score (nSPS) is 13.6. The molecule has 1 amide bonds. The summed E-state index contributed by atoms with van der Waals surface area (Å²) in [7, 11) is 0. The van der Waals surface area contributed by atoms with Crippen molar-refractivity contribution in [2.24, 2.45) is 5.73 Å². The largest absolute Gasteiger partial charge is 0.364 e. The highest BCUT2D eigenvalue weighted by Crippen LogP contribution is 2.13. The van der Waals surface area contributed by atoms with Gasteiger partial charge in [-0.3, -0.25) is 4.79 Å². The van der Waals surface area contributed by atoms with Crippen molar-refractivity contribution >= 4 is 5.91 Å². The average molecular weight is 350 g/mol. The zero-order valence-electron chi connectivity index (χ0n) is 16.3. The number of nitrogens with one attached hydrogen (secondary N) is 1. The first-order chi connectivity index (χ1) is 12.2. The highest BCUT2D eigenvalue weighted by molar-refractivity contribution is 5.91. The highest BCUT2D eigenvalue weighted by atomic mass is 16.1. The average Bonchev–Trinajstić information content (AvgIpc) is 2.62. The van der Waals surface area contributed by atoms with E-state index in [0.717, 1.165) is 13.0 Å². The molecule has 0 radical (unpaired) electrons. The van der Waals surface area contributed by atoms with Gasteiger partial charge in [-0.25, -0.2) is 0 Å². The summed E-state index contributed by atoms with van der Waals surface area (Å²) in [4.78, 5) is 13.2. The summed E-state index contributed by atoms with van der Waals surface area (Å²) in [6.45, 7) is 3.23. The number of unbranched alkanes of at least 4 members (excludes halogenated alkanes) is 13. The molecule has 3 N–H and O–H groups in total. The van der Waals surface area contributed by atoms with Gasteiger partial charge in [-0.15, -0.1) is 0 Å². The summed E-state index contributed by atoms with van der Waals surface area (Å²) in [5.74, 6) is -0.407. The van der Waals surface area contributed by atoms with Crippen molar-refractivity contribution in [1.82, 2.24) is 10.2 Å². The number of primary amides is 1. The van der Waals surface area contributed by atoms with Gasteiger partial charge in [0, 0.05) is 25.1 Å². The third-order valence-electron chi connectivity index (χ3n) is 4.84. The highest BCUT2D eigenvalue weighted by Gasteiger charge is 2.08. The molecular formula is C21H39N3O. The molecular weight excluding hydrogens is 310 g/mol. The summed E-state index contributed by atoms with van der Waals surface area (Å²) in [6.07, 6.45) is 24.7. The minimum atomic E-state index is -0.407. The maximum atomic E-state index is 11.1. The van der Waals surface area contributed by atoms with Gasteiger partial charge in [0.25, 0.3) is 5.91 Å². The van der Waals surface area contributed by atoms with E-state index in [1.165, 1.54) is 83.5 Å². The van der Waals surface area contributed by atoms with Crippen molar-refractivity contribution in [1.29, 1.82) is 0 Å². The Morgan fingerprint density at radius 1 is 0.880 bits per heavy atom. The number of rotatable bonds is 16. The molecule has 4 heteroatoms. The van der Waals surface area contributed by atoms with Gasteiger partial charge in [0.05, 0.1) is 0 Å². The van der Waals surface area contributed by atoms with E-state index in [4.69, 9.17) is 5.73 Å². The molecule has 0 atom stereocenters. The molecule has 1 aliphatic rings. The predicted molar refractivity (Wildman–Crippen MR) is 107 cm³/mol. The maximum Gasteiger partial charge on any atom is 0.266 e. The van der Waals surface area contributed by atoms with Gasteiger partial charge in [-0.05, 0) is 6.42 Å². The van der Waals surface area contributed by atoms with Crippen LogP contribution in [0.5, 0.6) is 0 Å². The molecule has 0 aromatic carbocycles. The smallest absolute Gasteiger partial charge is 0.266 e. The van der Waals surface area contributed by atoms with Crippen molar-refractivity contribution in [2.45, 2.75) is 96.8 Å². The van der Waals surface area contributed by atoms with Crippen LogP contribution >= 0.6 is 0 Å². The lowest BCUT2D eigenvalue weighted by atomic mass is 10.0. The van der Waals surface area contributed by atoms with Crippen molar-refractivity contribution in [3.63, 3.8) is 0 Å². The molecule has 0 aromatic heterocycles. The first-order valence-corrected chi connectivity index (χ1v) is 10.4. The zero-order chi connectivity index (χ0) is 18.2. The van der Waals surface area contributed by atoms with Gasteiger partial charge in [0.2, 0.25) is 0 Å². The number of carbonyl (C=O) groups is 1. The summed E-state index contributed by atoms with van der Waals surface area (Å²) >= 11 is 0. The summed E-state index contributed by atoms with van der Waals surface area (Å²) in [5.41, 5.74) is 5.75. The Hall–Kier alpha value is -1.45. The molecule has 1 aliphatic heterocycles. The van der Waals surface area contributed by atoms with Crippen molar-refractivity contribution in [3.05, 3.63) is 24.3 Å². The van der Waals surface area contributed by atoms with Crippen LogP contribution < -0.4 is 11.1 Å². The van der Waals surface area contributed by atoms with E-state index in [1.54, 1.807) is 12.4 Å². The minimum Gasteiger partial charge on any atom is -0.364 e. The quantitative estimate of drug-likeness (QED) is 0.378. The Kier molecular flexibility index (Phi) is 12.8. The third-order valence-corrected chi connectivity index (χ3v) is 4.84. The van der Waals surface area contributed by atoms with Gasteiger partial charge in [-0.2, -0.15) is 0 Å². The zero-order valence-corrected chi connectivity index (χ0v) is 16.3. The lowest BCUT2D eigenvalue weighted by Crippen LogP contribution is -2.29. The van der Waals surface area contributed by atoms with Crippen molar-refractivity contribution in [2.75, 3.05) is 6.54 Å². The Bertz CT molecular complexity index is 404. The molecule has 144 valence electrons. The Morgan fingerprint density at radius 2 is 1.36 bits per heavy atom. The van der Waals surface area contributed by atoms with Crippen LogP contribution in [0.1, 0.15) is 96.8 Å². The van der Waals surface area contributed by atoms with Crippen LogP contribution in [0.15, 0.2) is 24.3 Å². The van der Waals surface area contributed by atoms with Crippen LogP contribution in [0.2, 0.25) is 0 Å². The first-order valence-electron chi connectivity index (χ1n) is 10.4. The Morgan fingerprint density at radius 3 is 1.84 bits per heavy atom. The molecule has 0 fully saturated rings. The van der Waals surface area contributed by atoms with Gasteiger partial charge in [0.1, 0.15) is 5.70 Å². The van der Waals surface area contributed by atoms with E-state index in [0.29, 0.717) is 5.70 Å². The lowest BCUT2D eigenvalue weighted by molar-refractivity contribution is -0.114. The molecule has 0 aromatic rings. The monoisotopic (exact) mass is 349 g/mol. The number of carbonyl (C=O) groups excluding carboxylic acids is 1. The molecule has 0 saturated carbocycles. The number of hydrogen-bond acceptors (Lipinski definition) is 3. The summed E-state index contributed by atoms with van der Waals surface area (Å²) in [5, 5.41) is 2.86. The van der Waals surface area contributed by atoms with E-state index in [9.17, 15) is 4.79 Å². The standard InChI is InChI=1S/C21H39N3O/c1-2-3-4-5-6-7-8-9-10-11-12-13-14-15-17-24-18-16-23-20(19-24)21(22)25/h16,18-19,23H,2-15,17H2,1H3,(H2,22,25). The Labute approximate surface area is 154 Å². The predicted octanol–water partition coefficient (Wildman–Crippen LogP) is 5.17. The van der Waals surface area contributed by atoms with Gasteiger partial charge >= 0.3 is 0 Å². The Balaban J connectivity index is 1.84. The van der Waals surface area contributed by atoms with Crippen molar-refractivity contribution < 1.29 is 4.79 Å². The molecule has 1 heterocycles. The van der Waals surface area contributed by atoms with Crippen molar-refractivity contribution in [3.8, 4) is 0 Å². The fourth-order valence-electron chi connectivity index (χ4n) is 3.23. The lowest BCUT2D eigenvalue weighted by Gasteiger charge is -2.20. The fraction of sp³-hybridized carbons (Fsp3) is 0.762. The van der Waals surface area contributed by atoms with Crippen LogP contribution in [-0.4, -0.2) is 17.4 Å². The fourth-order valence-corrected chi connectivity index (χ4v) is 3.23. The molecule has 0 bridgehead atoms. The summed E-state index contributed by atoms with van der Waals surface area (Å²) in [6, 6.07) is 0. The van der Waals surface area contributed by atoms with E-state index < -0.39 is 5.91 Å². The van der Waals surface area contributed by atoms with Crippen LogP contribution in [0.4, 0.5) is 0 Å². The van der Waals surface area contributed by atoms with Gasteiger partial charge in [-0.1, -0.05) is 90.4 Å². The summed E-state index contributed by atoms with van der Waals surface area (Å²) < 4.78 is 0. The third kappa shape index (κ3) is 11.7. The molecule has 4 nitrogen and oxygen atoms in total. The molecule has 0 spiro atoms. The van der Waals surface area contributed by atoms with E-state index >= 15 is 0 Å². The topological polar surface area (TPSA) is 58.4 Å². The number of hydrogen-bond donors (Lipinski definition) is 2. The maximum absolute atomic E-state index is 11.1. The van der Waals surface area contributed by atoms with Gasteiger partial charge in [0.15, 0.2) is 0 Å². The van der Waals surface area contributed by atoms with Crippen LogP contribution in [0.3, 0.4) is 0 Å². The SMILES string of the molecule is CCCCCCCCCCCCCCCCN1C=CNC(C(N)=O)=C1. The van der Waals surface area contributed by atoms with Crippen LogP contribution in [-0.2, 0) is 4.79 Å². The van der Waals surface area contributed by atoms with Crippen LogP contribution in [0.25, 0.3) is 0 Å². The molecule has 25 heavy (non-hydrogen) atoms. The number of nitrogens with zero attached hydrogens (tertiary/aromatic N) is 1. The minimum absolute atomic E-state index is 0.407. The second kappa shape index (κ2) is 14.9. The number of amides is 1. The van der Waals surface area contributed by atoms with E-state index in [1.807, 2.05) is 11.1 Å². The van der Waals surface area contributed by atoms with Crippen LogP contribution in [0, 0.1) is 0 Å².